The van der Waals surface area contributed by atoms with Gasteiger partial charge in [0.15, 0.2) is 5.96 Å². The summed E-state index contributed by atoms with van der Waals surface area (Å²) in [7, 11) is 1.86. The van der Waals surface area contributed by atoms with E-state index in [9.17, 15) is 0 Å². The van der Waals surface area contributed by atoms with Crippen molar-refractivity contribution in [3.8, 4) is 0 Å². The maximum atomic E-state index is 4.38. The Kier molecular flexibility index (Phi) is 10.1. The van der Waals surface area contributed by atoms with Gasteiger partial charge in [0.25, 0.3) is 0 Å². The molecule has 2 aliphatic rings. The molecule has 1 atom stereocenters. The molecular weight excluding hydrogens is 455 g/mol. The minimum Gasteiger partial charge on any atom is -0.355 e. The van der Waals surface area contributed by atoms with Gasteiger partial charge in [0.1, 0.15) is 0 Å². The molecule has 2 N–H and O–H groups in total. The van der Waals surface area contributed by atoms with Crippen LogP contribution >= 0.6 is 35.7 Å². The lowest BCUT2D eigenvalue weighted by Gasteiger charge is -2.27. The third kappa shape index (κ3) is 6.93. The van der Waals surface area contributed by atoms with E-state index in [2.05, 4.69) is 56.6 Å². The number of likely N-dealkylation sites (tertiary alicyclic amines) is 1. The number of rotatable bonds is 6. The van der Waals surface area contributed by atoms with E-state index in [0.717, 1.165) is 30.8 Å². The smallest absolute Gasteiger partial charge is 0.191 e. The molecule has 0 amide bonds. The third-order valence-corrected chi connectivity index (χ3v) is 6.55. The Bertz CT molecular complexity index is 554. The summed E-state index contributed by atoms with van der Waals surface area (Å²) in [5, 5.41) is 7.73. The predicted molar refractivity (Wildman–Crippen MR) is 125 cm³/mol. The van der Waals surface area contributed by atoms with E-state index < -0.39 is 0 Å². The van der Waals surface area contributed by atoms with Crippen molar-refractivity contribution >= 4 is 41.7 Å². The fourth-order valence-corrected chi connectivity index (χ4v) is 4.86. The monoisotopic (exact) mass is 488 g/mol. The quantitative estimate of drug-likeness (QED) is 0.363. The normalized spacial score (nSPS) is 21.3. The van der Waals surface area contributed by atoms with Crippen LogP contribution in [0.25, 0.3) is 0 Å². The van der Waals surface area contributed by atoms with Gasteiger partial charge in [-0.15, -0.1) is 24.0 Å². The van der Waals surface area contributed by atoms with Crippen molar-refractivity contribution in [2.75, 3.05) is 32.4 Å². The van der Waals surface area contributed by atoms with E-state index in [-0.39, 0.29) is 24.0 Å². The Balaban J connectivity index is 0.00000243. The molecule has 0 saturated carbocycles. The second-order valence-corrected chi connectivity index (χ2v) is 8.46. The van der Waals surface area contributed by atoms with Crippen molar-refractivity contribution in [3.05, 3.63) is 35.4 Å². The van der Waals surface area contributed by atoms with E-state index in [1.807, 2.05) is 7.05 Å². The summed E-state index contributed by atoms with van der Waals surface area (Å²) in [5.41, 5.74) is 2.82. The number of hydrogen-bond acceptors (Lipinski definition) is 3. The highest BCUT2D eigenvalue weighted by Crippen LogP contribution is 2.25. The lowest BCUT2D eigenvalue weighted by Crippen LogP contribution is -2.40. The first kappa shape index (κ1) is 21.8. The Morgan fingerprint density at radius 2 is 1.88 bits per heavy atom. The van der Waals surface area contributed by atoms with Gasteiger partial charge >= 0.3 is 0 Å². The zero-order valence-corrected chi connectivity index (χ0v) is 19.0. The van der Waals surface area contributed by atoms with Crippen molar-refractivity contribution < 1.29 is 0 Å². The molecule has 0 aliphatic carbocycles. The van der Waals surface area contributed by atoms with Crippen LogP contribution in [0.3, 0.4) is 0 Å². The molecular formula is C20H33IN4S. The van der Waals surface area contributed by atoms with Gasteiger partial charge in [-0.3, -0.25) is 9.89 Å². The zero-order chi connectivity index (χ0) is 17.3. The number of aliphatic imine (C=N–C) groups is 1. The molecule has 0 aromatic heterocycles. The largest absolute Gasteiger partial charge is 0.355 e. The third-order valence-electron chi connectivity index (χ3n) is 5.15. The number of thioether (sulfide) groups is 1. The molecule has 1 unspecified atom stereocenters. The van der Waals surface area contributed by atoms with Crippen LogP contribution in [0.2, 0.25) is 0 Å². The number of hydrogen-bond donors (Lipinski definition) is 2. The highest BCUT2D eigenvalue weighted by Gasteiger charge is 2.16. The molecule has 0 radical (unpaired) electrons. The van der Waals surface area contributed by atoms with Gasteiger partial charge in [-0.25, -0.2) is 0 Å². The standard InChI is InChI=1S/C20H32N4S.HI/c1-21-20(23-15-19-10-7-13-25-19)22-14-17-8-3-4-9-18(17)16-24-11-5-2-6-12-24;/h3-4,8-9,19H,2,5-7,10-16H2,1H3,(H2,21,22,23);1H. The summed E-state index contributed by atoms with van der Waals surface area (Å²) < 4.78 is 0. The first-order chi connectivity index (χ1) is 12.3. The maximum Gasteiger partial charge on any atom is 0.191 e. The van der Waals surface area contributed by atoms with Crippen molar-refractivity contribution in [2.45, 2.75) is 50.4 Å². The maximum absolute atomic E-state index is 4.38. The lowest BCUT2D eigenvalue weighted by atomic mass is 10.0. The molecule has 4 nitrogen and oxygen atoms in total. The number of halogens is 1. The molecule has 146 valence electrons. The summed E-state index contributed by atoms with van der Waals surface area (Å²) in [5.74, 6) is 2.22. The molecule has 1 aromatic carbocycles. The number of guanidine groups is 1. The van der Waals surface area contributed by atoms with Crippen LogP contribution in [0.1, 0.15) is 43.2 Å². The van der Waals surface area contributed by atoms with Crippen LogP contribution < -0.4 is 10.6 Å². The molecule has 1 aromatic rings. The van der Waals surface area contributed by atoms with Gasteiger partial charge < -0.3 is 10.6 Å². The summed E-state index contributed by atoms with van der Waals surface area (Å²) in [6.45, 7) is 5.40. The van der Waals surface area contributed by atoms with Gasteiger partial charge in [0.2, 0.25) is 0 Å². The number of nitrogens with zero attached hydrogens (tertiary/aromatic N) is 2. The zero-order valence-electron chi connectivity index (χ0n) is 15.9. The molecule has 2 saturated heterocycles. The predicted octanol–water partition coefficient (Wildman–Crippen LogP) is 3.85. The summed E-state index contributed by atoms with van der Waals surface area (Å²) in [6.07, 6.45) is 6.76. The van der Waals surface area contributed by atoms with Gasteiger partial charge in [-0.05, 0) is 55.7 Å². The second kappa shape index (κ2) is 12.1. The summed E-state index contributed by atoms with van der Waals surface area (Å²) in [6, 6.07) is 8.82. The molecule has 2 aliphatic heterocycles. The van der Waals surface area contributed by atoms with Crippen LogP contribution in [-0.2, 0) is 13.1 Å². The van der Waals surface area contributed by atoms with E-state index in [1.54, 1.807) is 0 Å². The molecule has 0 bridgehead atoms. The van der Waals surface area contributed by atoms with Crippen LogP contribution in [0.15, 0.2) is 29.3 Å². The van der Waals surface area contributed by atoms with Gasteiger partial charge in [-0.2, -0.15) is 11.8 Å². The first-order valence-corrected chi connectivity index (χ1v) is 10.8. The minimum atomic E-state index is 0. The van der Waals surface area contributed by atoms with Crippen molar-refractivity contribution in [3.63, 3.8) is 0 Å². The summed E-state index contributed by atoms with van der Waals surface area (Å²) in [4.78, 5) is 6.97. The number of piperidine rings is 1. The van der Waals surface area contributed by atoms with Crippen LogP contribution in [0.5, 0.6) is 0 Å². The van der Waals surface area contributed by atoms with E-state index in [4.69, 9.17) is 0 Å². The molecule has 0 spiro atoms. The van der Waals surface area contributed by atoms with Crippen LogP contribution in [-0.4, -0.2) is 48.5 Å². The Hall–Kier alpha value is -0.470. The molecule has 3 rings (SSSR count). The van der Waals surface area contributed by atoms with Crippen molar-refractivity contribution in [1.82, 2.24) is 15.5 Å². The Morgan fingerprint density at radius 1 is 1.12 bits per heavy atom. The first-order valence-electron chi connectivity index (χ1n) is 9.70. The molecule has 2 fully saturated rings. The SMILES string of the molecule is CN=C(NCc1ccccc1CN1CCCCC1)NCC1CCCS1.I. The van der Waals surface area contributed by atoms with Crippen molar-refractivity contribution in [2.24, 2.45) is 4.99 Å². The average molecular weight is 488 g/mol. The fourth-order valence-electron chi connectivity index (χ4n) is 3.66. The van der Waals surface area contributed by atoms with Gasteiger partial charge in [0, 0.05) is 31.9 Å². The van der Waals surface area contributed by atoms with Gasteiger partial charge in [-0.1, -0.05) is 30.7 Å². The Morgan fingerprint density at radius 3 is 2.58 bits per heavy atom. The Labute approximate surface area is 180 Å². The van der Waals surface area contributed by atoms with E-state index >= 15 is 0 Å². The minimum absolute atomic E-state index is 0. The van der Waals surface area contributed by atoms with E-state index in [0.29, 0.717) is 0 Å². The number of benzene rings is 1. The topological polar surface area (TPSA) is 39.7 Å². The highest BCUT2D eigenvalue weighted by molar-refractivity contribution is 14.0. The van der Waals surface area contributed by atoms with Crippen LogP contribution in [0.4, 0.5) is 0 Å². The lowest BCUT2D eigenvalue weighted by molar-refractivity contribution is 0.220. The van der Waals surface area contributed by atoms with Crippen molar-refractivity contribution in [1.29, 1.82) is 0 Å². The van der Waals surface area contributed by atoms with Gasteiger partial charge in [0.05, 0.1) is 0 Å². The molecule has 2 heterocycles. The second-order valence-electron chi connectivity index (χ2n) is 7.05. The molecule has 26 heavy (non-hydrogen) atoms. The van der Waals surface area contributed by atoms with Crippen LogP contribution in [0, 0.1) is 0 Å². The summed E-state index contributed by atoms with van der Waals surface area (Å²) >= 11 is 2.08. The fraction of sp³-hybridized carbons (Fsp3) is 0.650. The molecule has 6 heteroatoms. The highest BCUT2D eigenvalue weighted by atomic mass is 127. The number of nitrogens with one attached hydrogen (secondary N) is 2. The average Bonchev–Trinajstić information content (AvgIpc) is 3.17. The van der Waals surface area contributed by atoms with E-state index in [1.165, 1.54) is 62.1 Å².